The lowest BCUT2D eigenvalue weighted by Gasteiger charge is -2.21. The van der Waals surface area contributed by atoms with Gasteiger partial charge in [0, 0.05) is 37.8 Å². The van der Waals surface area contributed by atoms with Crippen molar-refractivity contribution >= 4 is 46.3 Å². The van der Waals surface area contributed by atoms with Crippen LogP contribution in [0.5, 0.6) is 0 Å². The monoisotopic (exact) mass is 467 g/mol. The summed E-state index contributed by atoms with van der Waals surface area (Å²) in [7, 11) is 3.34. The summed E-state index contributed by atoms with van der Waals surface area (Å²) in [5, 5.41) is 6.12. The highest BCUT2D eigenvalue weighted by molar-refractivity contribution is 6.35. The van der Waals surface area contributed by atoms with Crippen LogP contribution >= 0.6 is 11.6 Å². The molecule has 1 aromatic heterocycles. The van der Waals surface area contributed by atoms with Crippen LogP contribution in [0.2, 0.25) is 5.02 Å². The van der Waals surface area contributed by atoms with E-state index in [9.17, 15) is 14.4 Å². The number of anilines is 1. The van der Waals surface area contributed by atoms with Gasteiger partial charge in [-0.05, 0) is 56.5 Å². The van der Waals surface area contributed by atoms with Gasteiger partial charge in [-0.1, -0.05) is 17.7 Å². The Morgan fingerprint density at radius 1 is 1.12 bits per heavy atom. The Bertz CT molecular complexity index is 1250. The average molecular weight is 468 g/mol. The first-order valence-corrected chi connectivity index (χ1v) is 11.3. The van der Waals surface area contributed by atoms with E-state index in [0.717, 1.165) is 19.3 Å². The number of hydrogen-bond donors (Lipinski definition) is 2. The topological polar surface area (TPSA) is 96.3 Å². The molecule has 0 saturated heterocycles. The molecule has 1 aliphatic rings. The standard InChI is InChI=1S/C24H26ClN5O3/c1-14-7-4-5-12-26-21(31)15-8-6-9-16(13-15)22(32)28-24-27-18-11-10-17(25)19(20(18)30(14)24)23(33)29(2)3/h6,8-11,13-14H,4-5,7,12H2,1-3H3,(H,26,31)(H,27,28,32)/t14-/m0/s1. The molecule has 172 valence electrons. The summed E-state index contributed by atoms with van der Waals surface area (Å²) in [5.74, 6) is -0.494. The highest BCUT2D eigenvalue weighted by Crippen LogP contribution is 2.34. The molecule has 3 aromatic rings. The zero-order valence-corrected chi connectivity index (χ0v) is 19.6. The normalized spacial score (nSPS) is 17.0. The van der Waals surface area contributed by atoms with Crippen molar-refractivity contribution in [2.75, 3.05) is 26.0 Å². The van der Waals surface area contributed by atoms with E-state index in [1.807, 2.05) is 11.5 Å². The molecule has 2 bridgehead atoms. The van der Waals surface area contributed by atoms with E-state index in [1.165, 1.54) is 4.90 Å². The van der Waals surface area contributed by atoms with Gasteiger partial charge in [0.25, 0.3) is 17.7 Å². The molecule has 9 heteroatoms. The molecule has 0 fully saturated rings. The number of imidazole rings is 1. The molecule has 4 rings (SSSR count). The van der Waals surface area contributed by atoms with Crippen LogP contribution in [0, 0.1) is 0 Å². The van der Waals surface area contributed by atoms with Gasteiger partial charge in [0.05, 0.1) is 21.6 Å². The molecule has 3 amide bonds. The lowest BCUT2D eigenvalue weighted by Crippen LogP contribution is -2.26. The molecule has 2 N–H and O–H groups in total. The highest BCUT2D eigenvalue weighted by Gasteiger charge is 2.26. The van der Waals surface area contributed by atoms with Crippen LogP contribution in [0.15, 0.2) is 36.4 Å². The van der Waals surface area contributed by atoms with Crippen LogP contribution in [-0.4, -0.2) is 52.8 Å². The molecule has 0 spiro atoms. The number of fused-ring (bicyclic) bond motifs is 5. The predicted octanol–water partition coefficient (Wildman–Crippen LogP) is 4.12. The molecule has 33 heavy (non-hydrogen) atoms. The molecule has 2 aromatic carbocycles. The van der Waals surface area contributed by atoms with E-state index in [1.54, 1.807) is 50.5 Å². The smallest absolute Gasteiger partial charge is 0.257 e. The third-order valence-electron chi connectivity index (χ3n) is 5.81. The quantitative estimate of drug-likeness (QED) is 0.562. The Hall–Kier alpha value is -3.39. The summed E-state index contributed by atoms with van der Waals surface area (Å²) in [4.78, 5) is 44.6. The number of hydrogen-bond acceptors (Lipinski definition) is 4. The minimum absolute atomic E-state index is 0.0811. The first-order valence-electron chi connectivity index (χ1n) is 10.9. The molecule has 0 unspecified atom stereocenters. The van der Waals surface area contributed by atoms with Gasteiger partial charge >= 0.3 is 0 Å². The molecule has 8 nitrogen and oxygen atoms in total. The Morgan fingerprint density at radius 3 is 2.58 bits per heavy atom. The number of nitrogens with one attached hydrogen (secondary N) is 2. The Labute approximate surface area is 196 Å². The van der Waals surface area contributed by atoms with Gasteiger partial charge in [0.2, 0.25) is 5.95 Å². The lowest BCUT2D eigenvalue weighted by atomic mass is 10.1. The summed E-state index contributed by atoms with van der Waals surface area (Å²) in [6, 6.07) is 9.88. The van der Waals surface area contributed by atoms with E-state index < -0.39 is 5.91 Å². The Kier molecular flexibility index (Phi) is 6.37. The van der Waals surface area contributed by atoms with Crippen LogP contribution in [0.1, 0.15) is 63.3 Å². The van der Waals surface area contributed by atoms with Gasteiger partial charge < -0.3 is 14.8 Å². The van der Waals surface area contributed by atoms with Gasteiger partial charge in [-0.2, -0.15) is 0 Å². The molecule has 0 aliphatic carbocycles. The van der Waals surface area contributed by atoms with E-state index in [-0.39, 0.29) is 17.9 Å². The molecule has 0 radical (unpaired) electrons. The van der Waals surface area contributed by atoms with Gasteiger partial charge in [-0.15, -0.1) is 0 Å². The Morgan fingerprint density at radius 2 is 1.85 bits per heavy atom. The summed E-state index contributed by atoms with van der Waals surface area (Å²) < 4.78 is 1.89. The van der Waals surface area contributed by atoms with Crippen molar-refractivity contribution in [2.24, 2.45) is 0 Å². The maximum Gasteiger partial charge on any atom is 0.257 e. The van der Waals surface area contributed by atoms with Crippen LogP contribution in [0.3, 0.4) is 0 Å². The number of benzene rings is 2. The second-order valence-corrected chi connectivity index (χ2v) is 8.84. The second kappa shape index (κ2) is 9.23. The van der Waals surface area contributed by atoms with Crippen molar-refractivity contribution in [3.05, 3.63) is 58.1 Å². The van der Waals surface area contributed by atoms with E-state index >= 15 is 0 Å². The van der Waals surface area contributed by atoms with Crippen molar-refractivity contribution in [1.29, 1.82) is 0 Å². The Balaban J connectivity index is 1.89. The third-order valence-corrected chi connectivity index (χ3v) is 6.12. The van der Waals surface area contributed by atoms with Gasteiger partial charge in [0.1, 0.15) is 0 Å². The maximum absolute atomic E-state index is 13.1. The number of aromatic nitrogens is 2. The zero-order chi connectivity index (χ0) is 23.7. The fraction of sp³-hybridized carbons (Fsp3) is 0.333. The fourth-order valence-corrected chi connectivity index (χ4v) is 4.31. The molecular formula is C24H26ClN5O3. The number of halogens is 1. The largest absolute Gasteiger partial charge is 0.352 e. The fourth-order valence-electron chi connectivity index (χ4n) is 4.08. The number of rotatable bonds is 1. The van der Waals surface area contributed by atoms with Crippen LogP contribution in [-0.2, 0) is 0 Å². The first kappa shape index (κ1) is 22.8. The SMILES string of the molecule is C[C@H]1CCCCNC(=O)c2cccc(c2)C(=O)Nc2nc3ccc(Cl)c(C(=O)N(C)C)c3n21. The zero-order valence-electron chi connectivity index (χ0n) is 18.8. The van der Waals surface area contributed by atoms with Crippen molar-refractivity contribution in [2.45, 2.75) is 32.2 Å². The number of amides is 3. The molecule has 0 saturated carbocycles. The first-order chi connectivity index (χ1) is 15.8. The molecule has 1 aliphatic heterocycles. The van der Waals surface area contributed by atoms with Crippen LogP contribution in [0.4, 0.5) is 5.95 Å². The van der Waals surface area contributed by atoms with Crippen molar-refractivity contribution in [3.63, 3.8) is 0 Å². The number of carbonyl (C=O) groups excluding carboxylic acids is 3. The van der Waals surface area contributed by atoms with Crippen LogP contribution < -0.4 is 10.6 Å². The maximum atomic E-state index is 13.1. The van der Waals surface area contributed by atoms with E-state index in [2.05, 4.69) is 15.6 Å². The van der Waals surface area contributed by atoms with E-state index in [0.29, 0.717) is 45.2 Å². The van der Waals surface area contributed by atoms with Crippen molar-refractivity contribution in [1.82, 2.24) is 19.8 Å². The summed E-state index contributed by atoms with van der Waals surface area (Å²) >= 11 is 6.48. The summed E-state index contributed by atoms with van der Waals surface area (Å²) in [6.45, 7) is 2.56. The highest BCUT2D eigenvalue weighted by atomic mass is 35.5. The van der Waals surface area contributed by atoms with Gasteiger partial charge in [0.15, 0.2) is 0 Å². The summed E-state index contributed by atoms with van der Waals surface area (Å²) in [5.41, 5.74) is 2.29. The van der Waals surface area contributed by atoms with E-state index in [4.69, 9.17) is 11.6 Å². The number of carbonyl (C=O) groups is 3. The molecule has 1 atom stereocenters. The van der Waals surface area contributed by atoms with Crippen LogP contribution in [0.25, 0.3) is 11.0 Å². The van der Waals surface area contributed by atoms with Gasteiger partial charge in [-0.3, -0.25) is 19.7 Å². The second-order valence-electron chi connectivity index (χ2n) is 8.43. The lowest BCUT2D eigenvalue weighted by molar-refractivity contribution is 0.0828. The van der Waals surface area contributed by atoms with Crippen molar-refractivity contribution in [3.8, 4) is 0 Å². The van der Waals surface area contributed by atoms with Gasteiger partial charge in [-0.25, -0.2) is 4.98 Å². The van der Waals surface area contributed by atoms with Crippen molar-refractivity contribution < 1.29 is 14.4 Å². The third kappa shape index (κ3) is 4.43. The predicted molar refractivity (Wildman–Crippen MR) is 128 cm³/mol. The minimum atomic E-state index is -0.392. The molecule has 2 heterocycles. The average Bonchev–Trinajstić information content (AvgIpc) is 3.15. The summed E-state index contributed by atoms with van der Waals surface area (Å²) in [6.07, 6.45) is 2.40. The molecular weight excluding hydrogens is 442 g/mol. The number of nitrogens with zero attached hydrogens (tertiary/aromatic N) is 3. The minimum Gasteiger partial charge on any atom is -0.352 e.